The molecule has 4 nitrogen and oxygen atoms in total. The quantitative estimate of drug-likeness (QED) is 0.441. The molecule has 0 amide bonds. The highest BCUT2D eigenvalue weighted by molar-refractivity contribution is 9.09. The summed E-state index contributed by atoms with van der Waals surface area (Å²) in [5, 5.41) is 15.8. The summed E-state index contributed by atoms with van der Waals surface area (Å²) >= 11 is 3.15. The second kappa shape index (κ2) is 7.42. The molecule has 2 N–H and O–H groups in total. The number of rotatable bonds is 0. The Morgan fingerprint density at radius 3 is 1.44 bits per heavy atom. The number of aliphatic carboxylic acids is 2. The van der Waals surface area contributed by atoms with E-state index in [1.54, 1.807) is 0 Å². The fourth-order valence-corrected chi connectivity index (χ4v) is 0. The Balaban J connectivity index is 0. The third-order valence-electron chi connectivity index (χ3n) is 0.183. The summed E-state index contributed by atoms with van der Waals surface area (Å²) < 4.78 is 0. The Morgan fingerprint density at radius 2 is 1.44 bits per heavy atom. The van der Waals surface area contributed by atoms with Crippen molar-refractivity contribution in [2.24, 2.45) is 0 Å². The van der Waals surface area contributed by atoms with Gasteiger partial charge in [0.2, 0.25) is 0 Å². The number of carbonyl (C=O) groups is 2. The predicted octanol–water partition coefficient (Wildman–Crippen LogP) is 0.557. The van der Waals surface area contributed by atoms with Gasteiger partial charge in [-0.1, -0.05) is 22.9 Å². The summed E-state index contributed by atoms with van der Waals surface area (Å²) in [5.41, 5.74) is 0. The summed E-state index contributed by atoms with van der Waals surface area (Å²) in [4.78, 5) is 18.2. The fourth-order valence-electron chi connectivity index (χ4n) is 0. The molecule has 0 fully saturated rings. The van der Waals surface area contributed by atoms with E-state index in [4.69, 9.17) is 19.8 Å². The highest BCUT2D eigenvalue weighted by Gasteiger charge is 2.04. The van der Waals surface area contributed by atoms with E-state index in [-0.39, 0.29) is 0 Å². The van der Waals surface area contributed by atoms with Gasteiger partial charge in [-0.05, 0) is 0 Å². The van der Waals surface area contributed by atoms with E-state index in [0.29, 0.717) is 0 Å². The van der Waals surface area contributed by atoms with E-state index in [1.165, 1.54) is 0 Å². The van der Waals surface area contributed by atoms with Crippen LogP contribution >= 0.6 is 15.9 Å². The smallest absolute Gasteiger partial charge is 0.414 e. The topological polar surface area (TPSA) is 74.6 Å². The Kier molecular flexibility index (Phi) is 9.27. The molecule has 5 heteroatoms. The molecule has 0 saturated heterocycles. The van der Waals surface area contributed by atoms with E-state index in [0.717, 1.165) is 5.33 Å². The van der Waals surface area contributed by atoms with E-state index >= 15 is 0 Å². The summed E-state index contributed by atoms with van der Waals surface area (Å²) in [6.45, 7) is 2.04. The van der Waals surface area contributed by atoms with Crippen molar-refractivity contribution in [3.05, 3.63) is 0 Å². The van der Waals surface area contributed by atoms with Crippen molar-refractivity contribution in [2.75, 3.05) is 5.33 Å². The summed E-state index contributed by atoms with van der Waals surface area (Å²) in [5.74, 6) is -3.65. The highest BCUT2D eigenvalue weighted by atomic mass is 79.9. The number of halogens is 1. The van der Waals surface area contributed by atoms with Crippen molar-refractivity contribution in [2.45, 2.75) is 6.92 Å². The third-order valence-corrected chi connectivity index (χ3v) is 0.183. The number of hydrogen-bond acceptors (Lipinski definition) is 2. The molecule has 0 bridgehead atoms. The van der Waals surface area contributed by atoms with Crippen LogP contribution in [0.15, 0.2) is 0 Å². The standard InChI is InChI=1S/C2H5Br.C2H2O4/c1-2-3;3-1(4)2(5)6/h2H2,1H3;(H,3,4)(H,5,6). The maximum atomic E-state index is 9.10. The van der Waals surface area contributed by atoms with E-state index in [2.05, 4.69) is 15.9 Å². The zero-order chi connectivity index (χ0) is 7.86. The summed E-state index contributed by atoms with van der Waals surface area (Å²) in [7, 11) is 0. The predicted molar refractivity (Wildman–Crippen MR) is 34.7 cm³/mol. The van der Waals surface area contributed by atoms with Crippen molar-refractivity contribution in [1.82, 2.24) is 0 Å². The van der Waals surface area contributed by atoms with Gasteiger partial charge in [0.25, 0.3) is 0 Å². The second-order valence-electron chi connectivity index (χ2n) is 0.878. The number of carboxylic acid groups (broad SMARTS) is 2. The molecule has 0 aliphatic carbocycles. The van der Waals surface area contributed by atoms with Crippen LogP contribution < -0.4 is 0 Å². The van der Waals surface area contributed by atoms with E-state index in [1.807, 2.05) is 6.92 Å². The molecule has 9 heavy (non-hydrogen) atoms. The molecule has 0 aromatic carbocycles. The molecule has 0 heterocycles. The largest absolute Gasteiger partial charge is 0.473 e. The number of carboxylic acids is 2. The number of alkyl halides is 1. The van der Waals surface area contributed by atoms with Crippen LogP contribution in [0.2, 0.25) is 0 Å². The fraction of sp³-hybridized carbons (Fsp3) is 0.500. The molecule has 54 valence electrons. The van der Waals surface area contributed by atoms with Crippen molar-refractivity contribution in [1.29, 1.82) is 0 Å². The minimum atomic E-state index is -1.82. The first-order chi connectivity index (χ1) is 4.06. The first-order valence-electron chi connectivity index (χ1n) is 2.08. The minimum absolute atomic E-state index is 1.06. The molecule has 0 unspecified atom stereocenters. The maximum absolute atomic E-state index is 9.10. The van der Waals surface area contributed by atoms with Crippen LogP contribution in [-0.4, -0.2) is 27.5 Å². The van der Waals surface area contributed by atoms with Crippen molar-refractivity contribution < 1.29 is 19.8 Å². The van der Waals surface area contributed by atoms with Gasteiger partial charge in [0.15, 0.2) is 0 Å². The molecule has 0 aliphatic heterocycles. The minimum Gasteiger partial charge on any atom is -0.473 e. The lowest BCUT2D eigenvalue weighted by molar-refractivity contribution is -0.159. The van der Waals surface area contributed by atoms with Gasteiger partial charge in [0, 0.05) is 5.33 Å². The van der Waals surface area contributed by atoms with Crippen LogP contribution in [0.4, 0.5) is 0 Å². The molecule has 0 rings (SSSR count). The molecule has 0 radical (unpaired) electrons. The van der Waals surface area contributed by atoms with Gasteiger partial charge in [-0.15, -0.1) is 0 Å². The lowest BCUT2D eigenvalue weighted by Crippen LogP contribution is -2.09. The maximum Gasteiger partial charge on any atom is 0.414 e. The zero-order valence-electron chi connectivity index (χ0n) is 4.80. The van der Waals surface area contributed by atoms with Crippen LogP contribution in [0.25, 0.3) is 0 Å². The van der Waals surface area contributed by atoms with Gasteiger partial charge in [0.1, 0.15) is 0 Å². The zero-order valence-corrected chi connectivity index (χ0v) is 6.38. The Bertz CT molecular complexity index is 88.7. The summed E-state index contributed by atoms with van der Waals surface area (Å²) in [6, 6.07) is 0. The molecule has 0 aromatic rings. The highest BCUT2D eigenvalue weighted by Crippen LogP contribution is 1.67. The first-order valence-corrected chi connectivity index (χ1v) is 3.20. The molecule has 0 saturated carbocycles. The lowest BCUT2D eigenvalue weighted by Gasteiger charge is -1.72. The van der Waals surface area contributed by atoms with Crippen molar-refractivity contribution >= 4 is 27.9 Å². The van der Waals surface area contributed by atoms with Gasteiger partial charge in [-0.3, -0.25) is 0 Å². The molecule has 0 aromatic heterocycles. The third kappa shape index (κ3) is 18.6. The van der Waals surface area contributed by atoms with Crippen LogP contribution in [0.5, 0.6) is 0 Å². The van der Waals surface area contributed by atoms with E-state index in [9.17, 15) is 0 Å². The lowest BCUT2D eigenvalue weighted by atomic mass is 10.7. The molecular weight excluding hydrogens is 192 g/mol. The van der Waals surface area contributed by atoms with Gasteiger partial charge >= 0.3 is 11.9 Å². The summed E-state index contributed by atoms with van der Waals surface area (Å²) in [6.07, 6.45) is 0. The Morgan fingerprint density at radius 1 is 1.33 bits per heavy atom. The van der Waals surface area contributed by atoms with Crippen LogP contribution in [0.1, 0.15) is 6.92 Å². The van der Waals surface area contributed by atoms with E-state index < -0.39 is 11.9 Å². The average molecular weight is 199 g/mol. The molecule has 0 spiro atoms. The first kappa shape index (κ1) is 11.2. The SMILES string of the molecule is CCBr.O=C(O)C(=O)O. The average Bonchev–Trinajstić information content (AvgIpc) is 1.68. The normalized spacial score (nSPS) is 6.89. The monoisotopic (exact) mass is 198 g/mol. The Hall–Kier alpha value is -0.580. The van der Waals surface area contributed by atoms with Gasteiger partial charge in [-0.2, -0.15) is 0 Å². The molecule has 0 aliphatic rings. The van der Waals surface area contributed by atoms with Crippen LogP contribution in [0.3, 0.4) is 0 Å². The number of hydrogen-bond donors (Lipinski definition) is 2. The van der Waals surface area contributed by atoms with Gasteiger partial charge in [-0.25, -0.2) is 9.59 Å². The van der Waals surface area contributed by atoms with Crippen molar-refractivity contribution in [3.63, 3.8) is 0 Å². The van der Waals surface area contributed by atoms with Crippen LogP contribution in [0, 0.1) is 0 Å². The van der Waals surface area contributed by atoms with Gasteiger partial charge in [0.05, 0.1) is 0 Å². The molecule has 0 atom stereocenters. The van der Waals surface area contributed by atoms with Gasteiger partial charge < -0.3 is 10.2 Å². The molecular formula is C4H7BrO4. The second-order valence-corrected chi connectivity index (χ2v) is 2.00. The van der Waals surface area contributed by atoms with Crippen molar-refractivity contribution in [3.8, 4) is 0 Å². The Labute approximate surface area is 60.6 Å². The van der Waals surface area contributed by atoms with Crippen LogP contribution in [-0.2, 0) is 9.59 Å².